The van der Waals surface area contributed by atoms with Crippen LogP contribution >= 0.6 is 11.3 Å². The summed E-state index contributed by atoms with van der Waals surface area (Å²) in [5, 5.41) is 2.05. The highest BCUT2D eigenvalue weighted by Gasteiger charge is 2.31. The maximum absolute atomic E-state index is 12.5. The zero-order valence-electron chi connectivity index (χ0n) is 12.8. The first kappa shape index (κ1) is 16.8. The van der Waals surface area contributed by atoms with Crippen LogP contribution in [0.2, 0.25) is 0 Å². The molecule has 128 valence electrons. The van der Waals surface area contributed by atoms with Crippen molar-refractivity contribution < 1.29 is 22.7 Å². The van der Waals surface area contributed by atoms with Gasteiger partial charge < -0.3 is 9.64 Å². The third-order valence-corrected chi connectivity index (χ3v) is 5.10. The lowest BCUT2D eigenvalue weighted by Gasteiger charge is -2.31. The quantitative estimate of drug-likeness (QED) is 0.801. The van der Waals surface area contributed by atoms with Crippen LogP contribution in [0.1, 0.15) is 34.0 Å². The van der Waals surface area contributed by atoms with E-state index in [1.54, 1.807) is 16.2 Å². The van der Waals surface area contributed by atoms with Gasteiger partial charge in [0, 0.05) is 23.5 Å². The van der Waals surface area contributed by atoms with E-state index in [-0.39, 0.29) is 11.7 Å². The number of benzene rings is 1. The maximum atomic E-state index is 12.5. The van der Waals surface area contributed by atoms with Gasteiger partial charge in [-0.25, -0.2) is 0 Å². The molecule has 1 fully saturated rings. The highest BCUT2D eigenvalue weighted by molar-refractivity contribution is 7.10. The Hall–Kier alpha value is -2.02. The lowest BCUT2D eigenvalue weighted by Crippen LogP contribution is -2.37. The summed E-state index contributed by atoms with van der Waals surface area (Å²) in [6, 6.07) is 9.22. The van der Waals surface area contributed by atoms with Crippen molar-refractivity contribution in [2.24, 2.45) is 0 Å². The molecule has 0 aliphatic carbocycles. The van der Waals surface area contributed by atoms with Crippen molar-refractivity contribution in [3.05, 3.63) is 52.2 Å². The first-order valence-electron chi connectivity index (χ1n) is 7.61. The summed E-state index contributed by atoms with van der Waals surface area (Å²) in [6.45, 7) is 1.31. The number of carbonyl (C=O) groups is 1. The van der Waals surface area contributed by atoms with E-state index in [0.29, 0.717) is 24.6 Å². The number of alkyl halides is 3. The van der Waals surface area contributed by atoms with Gasteiger partial charge in [0.05, 0.1) is 0 Å². The molecule has 1 amide bonds. The fourth-order valence-corrected chi connectivity index (χ4v) is 3.77. The van der Waals surface area contributed by atoms with Crippen LogP contribution in [-0.4, -0.2) is 30.3 Å². The largest absolute Gasteiger partial charge is 0.573 e. The summed E-state index contributed by atoms with van der Waals surface area (Å²) < 4.78 is 40.3. The van der Waals surface area contributed by atoms with Crippen molar-refractivity contribution in [3.8, 4) is 5.75 Å². The number of ether oxygens (including phenoxy) is 1. The Morgan fingerprint density at radius 3 is 2.33 bits per heavy atom. The van der Waals surface area contributed by atoms with Gasteiger partial charge in [-0.1, -0.05) is 6.07 Å². The van der Waals surface area contributed by atoms with Crippen molar-refractivity contribution in [2.75, 3.05) is 13.1 Å². The third kappa shape index (κ3) is 4.08. The molecule has 1 aromatic heterocycles. The average Bonchev–Trinajstić information content (AvgIpc) is 3.08. The van der Waals surface area contributed by atoms with Crippen LogP contribution in [0.4, 0.5) is 13.2 Å². The summed E-state index contributed by atoms with van der Waals surface area (Å²) in [6.07, 6.45) is -2.92. The molecule has 7 heteroatoms. The van der Waals surface area contributed by atoms with Crippen molar-refractivity contribution in [3.63, 3.8) is 0 Å². The predicted molar refractivity (Wildman–Crippen MR) is 85.3 cm³/mol. The van der Waals surface area contributed by atoms with Crippen LogP contribution in [0.5, 0.6) is 5.75 Å². The molecule has 2 heterocycles. The second-order valence-corrected chi connectivity index (χ2v) is 6.63. The fraction of sp³-hybridized carbons (Fsp3) is 0.353. The molecule has 1 aromatic carbocycles. The zero-order valence-corrected chi connectivity index (χ0v) is 13.6. The minimum Gasteiger partial charge on any atom is -0.406 e. The second kappa shape index (κ2) is 6.84. The van der Waals surface area contributed by atoms with Gasteiger partial charge in [0.25, 0.3) is 5.91 Å². The maximum Gasteiger partial charge on any atom is 0.573 e. The summed E-state index contributed by atoms with van der Waals surface area (Å²) in [5.74, 6) is 0.00486. The van der Waals surface area contributed by atoms with Crippen LogP contribution in [-0.2, 0) is 0 Å². The smallest absolute Gasteiger partial charge is 0.406 e. The summed E-state index contributed by atoms with van der Waals surface area (Å²) in [5.41, 5.74) is 0.374. The highest BCUT2D eigenvalue weighted by Crippen LogP contribution is 2.31. The molecule has 1 saturated heterocycles. The van der Waals surface area contributed by atoms with Crippen LogP contribution < -0.4 is 4.74 Å². The highest BCUT2D eigenvalue weighted by atomic mass is 32.1. The van der Waals surface area contributed by atoms with Gasteiger partial charge >= 0.3 is 6.36 Å². The Balaban J connectivity index is 1.59. The number of thiophene rings is 1. The number of amides is 1. The van der Waals surface area contributed by atoms with Crippen molar-refractivity contribution in [2.45, 2.75) is 25.1 Å². The number of likely N-dealkylation sites (tertiary alicyclic amines) is 1. The van der Waals surface area contributed by atoms with Crippen molar-refractivity contribution in [1.29, 1.82) is 0 Å². The first-order chi connectivity index (χ1) is 11.4. The number of nitrogens with zero attached hydrogens (tertiary/aromatic N) is 1. The minimum atomic E-state index is -4.73. The van der Waals surface area contributed by atoms with E-state index in [1.807, 2.05) is 6.07 Å². The van der Waals surface area contributed by atoms with E-state index in [4.69, 9.17) is 0 Å². The lowest BCUT2D eigenvalue weighted by atomic mass is 9.95. The molecule has 3 rings (SSSR count). The minimum absolute atomic E-state index is 0.154. The molecular formula is C17H16F3NO2S. The number of carbonyl (C=O) groups excluding carboxylic acids is 1. The number of rotatable bonds is 3. The van der Waals surface area contributed by atoms with Crippen molar-refractivity contribution in [1.82, 2.24) is 4.90 Å². The molecular weight excluding hydrogens is 339 g/mol. The molecule has 24 heavy (non-hydrogen) atoms. The van der Waals surface area contributed by atoms with E-state index in [0.717, 1.165) is 12.8 Å². The van der Waals surface area contributed by atoms with Crippen LogP contribution in [0.3, 0.4) is 0 Å². The summed E-state index contributed by atoms with van der Waals surface area (Å²) >= 11 is 1.73. The Labute approximate surface area is 141 Å². The van der Waals surface area contributed by atoms with Gasteiger partial charge in [-0.3, -0.25) is 4.79 Å². The van der Waals surface area contributed by atoms with Gasteiger partial charge in [0.15, 0.2) is 0 Å². The Morgan fingerprint density at radius 1 is 1.12 bits per heavy atom. The van der Waals surface area contributed by atoms with Gasteiger partial charge in [-0.2, -0.15) is 0 Å². The lowest BCUT2D eigenvalue weighted by molar-refractivity contribution is -0.274. The van der Waals surface area contributed by atoms with Gasteiger partial charge in [-0.15, -0.1) is 24.5 Å². The molecule has 0 saturated carbocycles. The van der Waals surface area contributed by atoms with Crippen LogP contribution in [0.15, 0.2) is 41.8 Å². The van der Waals surface area contributed by atoms with E-state index < -0.39 is 6.36 Å². The monoisotopic (exact) mass is 355 g/mol. The topological polar surface area (TPSA) is 29.5 Å². The molecule has 0 N–H and O–H groups in total. The number of hydrogen-bond acceptors (Lipinski definition) is 3. The molecule has 0 atom stereocenters. The molecule has 0 spiro atoms. The standard InChI is InChI=1S/C17H16F3NO2S/c18-17(19,20)23-14-5-3-13(4-6-14)16(22)21-9-7-12(8-10-21)15-2-1-11-24-15/h1-6,11-12H,7-10H2. The molecule has 2 aromatic rings. The first-order valence-corrected chi connectivity index (χ1v) is 8.49. The predicted octanol–water partition coefficient (Wildman–Crippen LogP) is 4.67. The Kier molecular flexibility index (Phi) is 4.80. The number of hydrogen-bond donors (Lipinski definition) is 0. The molecule has 3 nitrogen and oxygen atoms in total. The second-order valence-electron chi connectivity index (χ2n) is 5.65. The molecule has 1 aliphatic rings. The average molecular weight is 355 g/mol. The Bertz CT molecular complexity index is 675. The molecule has 1 aliphatic heterocycles. The van der Waals surface area contributed by atoms with E-state index in [1.165, 1.54) is 29.1 Å². The fourth-order valence-electron chi connectivity index (χ4n) is 2.87. The molecule has 0 bridgehead atoms. The van der Waals surface area contributed by atoms with Gasteiger partial charge in [-0.05, 0) is 54.5 Å². The van der Waals surface area contributed by atoms with Crippen LogP contribution in [0.25, 0.3) is 0 Å². The number of halogens is 3. The summed E-state index contributed by atoms with van der Waals surface area (Å²) in [4.78, 5) is 15.6. The Morgan fingerprint density at radius 2 is 1.79 bits per heavy atom. The van der Waals surface area contributed by atoms with E-state index in [9.17, 15) is 18.0 Å². The normalized spacial score (nSPS) is 16.2. The molecule has 0 unspecified atom stereocenters. The third-order valence-electron chi connectivity index (χ3n) is 4.06. The van der Waals surface area contributed by atoms with Gasteiger partial charge in [0.1, 0.15) is 5.75 Å². The van der Waals surface area contributed by atoms with Crippen LogP contribution in [0, 0.1) is 0 Å². The molecule has 0 radical (unpaired) electrons. The van der Waals surface area contributed by atoms with Crippen molar-refractivity contribution >= 4 is 17.2 Å². The zero-order chi connectivity index (χ0) is 17.2. The van der Waals surface area contributed by atoms with Gasteiger partial charge in [0.2, 0.25) is 0 Å². The van der Waals surface area contributed by atoms with E-state index >= 15 is 0 Å². The van der Waals surface area contributed by atoms with E-state index in [2.05, 4.69) is 16.2 Å². The SMILES string of the molecule is O=C(c1ccc(OC(F)(F)F)cc1)N1CCC(c2cccs2)CC1. The number of piperidine rings is 1. The summed E-state index contributed by atoms with van der Waals surface area (Å²) in [7, 11) is 0.